The number of hydrogen-bond acceptors (Lipinski definition) is 2. The van der Waals surface area contributed by atoms with Gasteiger partial charge in [0.15, 0.2) is 5.72 Å². The number of rotatable bonds is 2. The van der Waals surface area contributed by atoms with Crippen LogP contribution in [0.4, 0.5) is 0 Å². The first kappa shape index (κ1) is 11.0. The van der Waals surface area contributed by atoms with Crippen LogP contribution in [0.15, 0.2) is 60.7 Å². The minimum Gasteiger partial charge on any atom is -0.367 e. The molecule has 1 unspecified atom stereocenters. The van der Waals surface area contributed by atoms with E-state index in [-0.39, 0.29) is 0 Å². The Morgan fingerprint density at radius 1 is 0.944 bits per heavy atom. The summed E-state index contributed by atoms with van der Waals surface area (Å²) in [7, 11) is 0. The first-order valence-corrected chi connectivity index (χ1v) is 5.83. The molecular formula is C15H14N2O. The van der Waals surface area contributed by atoms with Crippen molar-refractivity contribution in [1.82, 2.24) is 4.98 Å². The van der Waals surface area contributed by atoms with Crippen molar-refractivity contribution < 1.29 is 5.11 Å². The normalized spacial score (nSPS) is 14.6. The predicted molar refractivity (Wildman–Crippen MR) is 71.9 cm³/mol. The molecular weight excluding hydrogens is 224 g/mol. The number of aliphatic hydroxyl groups is 1. The van der Waals surface area contributed by atoms with Gasteiger partial charge in [0.1, 0.15) is 0 Å². The van der Waals surface area contributed by atoms with E-state index in [0.717, 1.165) is 10.9 Å². The molecule has 0 bridgehead atoms. The lowest BCUT2D eigenvalue weighted by atomic mass is 10.0. The summed E-state index contributed by atoms with van der Waals surface area (Å²) in [4.78, 5) is 3.16. The van der Waals surface area contributed by atoms with Gasteiger partial charge in [0.05, 0.1) is 5.69 Å². The average molecular weight is 238 g/mol. The van der Waals surface area contributed by atoms with E-state index in [1.54, 1.807) is 0 Å². The van der Waals surface area contributed by atoms with Crippen LogP contribution < -0.4 is 5.73 Å². The van der Waals surface area contributed by atoms with Gasteiger partial charge in [-0.1, -0.05) is 48.5 Å². The largest absolute Gasteiger partial charge is 0.367 e. The molecule has 0 amide bonds. The van der Waals surface area contributed by atoms with E-state index in [9.17, 15) is 5.11 Å². The molecule has 3 aromatic rings. The van der Waals surface area contributed by atoms with Crippen molar-refractivity contribution in [3.8, 4) is 0 Å². The maximum atomic E-state index is 10.5. The van der Waals surface area contributed by atoms with Gasteiger partial charge in [-0.25, -0.2) is 0 Å². The summed E-state index contributed by atoms with van der Waals surface area (Å²) in [5.74, 6) is 0. The molecule has 3 nitrogen and oxygen atoms in total. The summed E-state index contributed by atoms with van der Waals surface area (Å²) in [5.41, 5.74) is 6.77. The van der Waals surface area contributed by atoms with Crippen LogP contribution in [0.1, 0.15) is 11.3 Å². The topological polar surface area (TPSA) is 62.0 Å². The van der Waals surface area contributed by atoms with Gasteiger partial charge >= 0.3 is 0 Å². The Labute approximate surface area is 105 Å². The number of fused-ring (bicyclic) bond motifs is 1. The second-order valence-corrected chi connectivity index (χ2v) is 4.40. The summed E-state index contributed by atoms with van der Waals surface area (Å²) in [6, 6.07) is 18.9. The molecule has 3 heteroatoms. The molecule has 90 valence electrons. The highest BCUT2D eigenvalue weighted by Gasteiger charge is 2.27. The fourth-order valence-corrected chi connectivity index (χ4v) is 2.13. The lowest BCUT2D eigenvalue weighted by molar-refractivity contribution is 0.0845. The summed E-state index contributed by atoms with van der Waals surface area (Å²) in [6.07, 6.45) is 0. The fraction of sp³-hybridized carbons (Fsp3) is 0.0667. The molecule has 1 heterocycles. The lowest BCUT2D eigenvalue weighted by Gasteiger charge is -2.22. The van der Waals surface area contributed by atoms with Crippen LogP contribution in [0.5, 0.6) is 0 Å². The Morgan fingerprint density at radius 3 is 2.33 bits per heavy atom. The van der Waals surface area contributed by atoms with Crippen molar-refractivity contribution in [2.75, 3.05) is 0 Å². The molecule has 1 atom stereocenters. The van der Waals surface area contributed by atoms with Crippen molar-refractivity contribution in [2.24, 2.45) is 5.73 Å². The van der Waals surface area contributed by atoms with Crippen molar-refractivity contribution in [2.45, 2.75) is 5.72 Å². The van der Waals surface area contributed by atoms with E-state index in [2.05, 4.69) is 4.98 Å². The SMILES string of the molecule is NC(O)(c1ccccc1)c1cc2ccccc2[nH]1. The van der Waals surface area contributed by atoms with Gasteiger partial charge in [-0.15, -0.1) is 0 Å². The number of aromatic nitrogens is 1. The molecule has 0 aliphatic heterocycles. The molecule has 4 N–H and O–H groups in total. The molecule has 1 aromatic heterocycles. The molecule has 2 aromatic carbocycles. The Bertz CT molecular complexity index is 638. The van der Waals surface area contributed by atoms with Crippen LogP contribution in [-0.4, -0.2) is 10.1 Å². The summed E-state index contributed by atoms with van der Waals surface area (Å²) < 4.78 is 0. The first-order valence-electron chi connectivity index (χ1n) is 5.83. The van der Waals surface area contributed by atoms with Crippen molar-refractivity contribution >= 4 is 10.9 Å². The highest BCUT2D eigenvalue weighted by atomic mass is 16.3. The van der Waals surface area contributed by atoms with E-state index >= 15 is 0 Å². The number of hydrogen-bond donors (Lipinski definition) is 3. The second kappa shape index (κ2) is 3.98. The van der Waals surface area contributed by atoms with Crippen LogP contribution >= 0.6 is 0 Å². The number of nitrogens with one attached hydrogen (secondary N) is 1. The Kier molecular flexibility index (Phi) is 2.44. The summed E-state index contributed by atoms with van der Waals surface area (Å²) in [6.45, 7) is 0. The predicted octanol–water partition coefficient (Wildman–Crippen LogP) is 2.32. The smallest absolute Gasteiger partial charge is 0.181 e. The highest BCUT2D eigenvalue weighted by Crippen LogP contribution is 2.26. The van der Waals surface area contributed by atoms with Gasteiger partial charge in [0.2, 0.25) is 0 Å². The molecule has 0 aliphatic rings. The highest BCUT2D eigenvalue weighted by molar-refractivity contribution is 5.80. The Hall–Kier alpha value is -2.10. The van der Waals surface area contributed by atoms with Crippen molar-refractivity contribution in [3.05, 3.63) is 71.9 Å². The number of nitrogens with two attached hydrogens (primary N) is 1. The Morgan fingerprint density at radius 2 is 1.61 bits per heavy atom. The van der Waals surface area contributed by atoms with E-state index in [4.69, 9.17) is 5.73 Å². The summed E-state index contributed by atoms with van der Waals surface area (Å²) in [5, 5.41) is 11.5. The number of H-pyrrole nitrogens is 1. The molecule has 0 fully saturated rings. The average Bonchev–Trinajstić information content (AvgIpc) is 2.84. The minimum absolute atomic E-state index is 0.593. The fourth-order valence-electron chi connectivity index (χ4n) is 2.13. The number of para-hydroxylation sites is 1. The zero-order valence-electron chi connectivity index (χ0n) is 9.80. The van der Waals surface area contributed by atoms with Gasteiger partial charge in [-0.2, -0.15) is 0 Å². The third kappa shape index (κ3) is 1.70. The molecule has 0 radical (unpaired) electrons. The quantitative estimate of drug-likeness (QED) is 0.600. The zero-order valence-corrected chi connectivity index (χ0v) is 9.80. The van der Waals surface area contributed by atoms with Crippen LogP contribution in [0.25, 0.3) is 10.9 Å². The lowest BCUT2D eigenvalue weighted by Crippen LogP contribution is -2.37. The molecule has 0 aliphatic carbocycles. The van der Waals surface area contributed by atoms with Gasteiger partial charge in [-0.05, 0) is 17.5 Å². The van der Waals surface area contributed by atoms with Crippen molar-refractivity contribution in [1.29, 1.82) is 0 Å². The second-order valence-electron chi connectivity index (χ2n) is 4.40. The number of aromatic amines is 1. The van der Waals surface area contributed by atoms with Crippen LogP contribution in [-0.2, 0) is 5.72 Å². The van der Waals surface area contributed by atoms with Crippen LogP contribution in [0.3, 0.4) is 0 Å². The summed E-state index contributed by atoms with van der Waals surface area (Å²) >= 11 is 0. The van der Waals surface area contributed by atoms with E-state index in [1.807, 2.05) is 60.7 Å². The molecule has 18 heavy (non-hydrogen) atoms. The Balaban J connectivity index is 2.13. The van der Waals surface area contributed by atoms with Crippen LogP contribution in [0.2, 0.25) is 0 Å². The molecule has 0 saturated carbocycles. The van der Waals surface area contributed by atoms with E-state index in [1.165, 1.54) is 0 Å². The maximum absolute atomic E-state index is 10.5. The van der Waals surface area contributed by atoms with Gasteiger partial charge in [-0.3, -0.25) is 5.73 Å². The van der Waals surface area contributed by atoms with Gasteiger partial charge < -0.3 is 10.1 Å². The number of benzene rings is 2. The standard InChI is InChI=1S/C15H14N2O/c16-15(18,12-7-2-1-3-8-12)14-10-11-6-4-5-9-13(11)17-14/h1-10,17-18H,16H2. The first-order chi connectivity index (χ1) is 8.68. The van der Waals surface area contributed by atoms with E-state index in [0.29, 0.717) is 11.3 Å². The minimum atomic E-state index is -1.50. The van der Waals surface area contributed by atoms with Crippen LogP contribution in [0, 0.1) is 0 Å². The third-order valence-electron chi connectivity index (χ3n) is 3.15. The van der Waals surface area contributed by atoms with Crippen molar-refractivity contribution in [3.63, 3.8) is 0 Å². The third-order valence-corrected chi connectivity index (χ3v) is 3.15. The molecule has 0 spiro atoms. The molecule has 3 rings (SSSR count). The zero-order chi connectivity index (χ0) is 12.6. The molecule has 0 saturated heterocycles. The van der Waals surface area contributed by atoms with Gasteiger partial charge in [0.25, 0.3) is 0 Å². The van der Waals surface area contributed by atoms with E-state index < -0.39 is 5.72 Å². The monoisotopic (exact) mass is 238 g/mol. The van der Waals surface area contributed by atoms with Gasteiger partial charge in [0, 0.05) is 11.1 Å². The maximum Gasteiger partial charge on any atom is 0.181 e.